The molecule has 0 saturated carbocycles. The second-order valence-electron chi connectivity index (χ2n) is 4.48. The van der Waals surface area contributed by atoms with Crippen LogP contribution in [0.15, 0.2) is 24.3 Å². The van der Waals surface area contributed by atoms with E-state index in [0.717, 1.165) is 29.9 Å². The molecule has 19 heavy (non-hydrogen) atoms. The Morgan fingerprint density at radius 3 is 2.68 bits per heavy atom. The number of para-hydroxylation sites is 1. The van der Waals surface area contributed by atoms with E-state index < -0.39 is 10.8 Å². The minimum Gasteiger partial charge on any atom is -0.494 e. The summed E-state index contributed by atoms with van der Waals surface area (Å²) in [6.45, 7) is 4.74. The van der Waals surface area contributed by atoms with Crippen molar-refractivity contribution in [1.29, 1.82) is 0 Å². The van der Waals surface area contributed by atoms with Crippen LogP contribution in [-0.4, -0.2) is 29.4 Å². The van der Waals surface area contributed by atoms with Gasteiger partial charge in [-0.3, -0.25) is 4.21 Å². The molecule has 2 unspecified atom stereocenters. The smallest absolute Gasteiger partial charge is 0.124 e. The summed E-state index contributed by atoms with van der Waals surface area (Å²) in [5, 5.41) is 3.25. The molecule has 0 aliphatic heterocycles. The van der Waals surface area contributed by atoms with E-state index in [1.807, 2.05) is 38.2 Å². The van der Waals surface area contributed by atoms with Gasteiger partial charge < -0.3 is 10.1 Å². The van der Waals surface area contributed by atoms with Crippen molar-refractivity contribution < 1.29 is 8.95 Å². The molecule has 4 heteroatoms. The summed E-state index contributed by atoms with van der Waals surface area (Å²) in [5.74, 6) is 2.31. The van der Waals surface area contributed by atoms with Crippen LogP contribution in [0.1, 0.15) is 38.3 Å². The van der Waals surface area contributed by atoms with Crippen molar-refractivity contribution in [3.8, 4) is 5.75 Å². The quantitative estimate of drug-likeness (QED) is 0.757. The van der Waals surface area contributed by atoms with Crippen molar-refractivity contribution in [2.24, 2.45) is 0 Å². The molecule has 1 rings (SSSR count). The second kappa shape index (κ2) is 9.10. The SMILES string of the molecule is CCCCS(=O)CC(NC)c1ccccc1OCC. The zero-order valence-corrected chi connectivity index (χ0v) is 13.0. The van der Waals surface area contributed by atoms with E-state index in [-0.39, 0.29) is 6.04 Å². The number of ether oxygens (including phenoxy) is 1. The van der Waals surface area contributed by atoms with Crippen LogP contribution < -0.4 is 10.1 Å². The molecule has 0 fully saturated rings. The van der Waals surface area contributed by atoms with Crippen molar-refractivity contribution in [3.63, 3.8) is 0 Å². The Labute approximate surface area is 119 Å². The highest BCUT2D eigenvalue weighted by Crippen LogP contribution is 2.25. The summed E-state index contributed by atoms with van der Waals surface area (Å²) in [5.41, 5.74) is 1.09. The molecule has 3 nitrogen and oxygen atoms in total. The standard InChI is InChI=1S/C15H25NO2S/c1-4-6-11-19(17)12-14(16-3)13-9-7-8-10-15(13)18-5-2/h7-10,14,16H,4-6,11-12H2,1-3H3. The lowest BCUT2D eigenvalue weighted by Crippen LogP contribution is -2.24. The lowest BCUT2D eigenvalue weighted by molar-refractivity contribution is 0.333. The fourth-order valence-corrected chi connectivity index (χ4v) is 3.45. The van der Waals surface area contributed by atoms with Crippen LogP contribution in [0.4, 0.5) is 0 Å². The van der Waals surface area contributed by atoms with Crippen LogP contribution in [0.2, 0.25) is 0 Å². The first-order chi connectivity index (χ1) is 9.22. The lowest BCUT2D eigenvalue weighted by atomic mass is 10.1. The van der Waals surface area contributed by atoms with Gasteiger partial charge >= 0.3 is 0 Å². The van der Waals surface area contributed by atoms with Gasteiger partial charge in [0.1, 0.15) is 5.75 Å². The molecule has 0 aromatic heterocycles. The van der Waals surface area contributed by atoms with Gasteiger partial charge in [0, 0.05) is 33.9 Å². The van der Waals surface area contributed by atoms with Gasteiger partial charge in [0.15, 0.2) is 0 Å². The first-order valence-corrected chi connectivity index (χ1v) is 8.45. The molecule has 0 spiro atoms. The van der Waals surface area contributed by atoms with Crippen LogP contribution in [0.3, 0.4) is 0 Å². The fraction of sp³-hybridized carbons (Fsp3) is 0.600. The normalized spacial score (nSPS) is 14.1. The largest absolute Gasteiger partial charge is 0.494 e. The lowest BCUT2D eigenvalue weighted by Gasteiger charge is -2.19. The summed E-state index contributed by atoms with van der Waals surface area (Å²) in [4.78, 5) is 0. The average Bonchev–Trinajstić information content (AvgIpc) is 2.43. The van der Waals surface area contributed by atoms with Gasteiger partial charge in [-0.1, -0.05) is 31.5 Å². The highest BCUT2D eigenvalue weighted by molar-refractivity contribution is 7.85. The average molecular weight is 283 g/mol. The van der Waals surface area contributed by atoms with E-state index in [9.17, 15) is 4.21 Å². The molecule has 0 aliphatic rings. The Morgan fingerprint density at radius 2 is 2.05 bits per heavy atom. The predicted molar refractivity (Wildman–Crippen MR) is 82.2 cm³/mol. The summed E-state index contributed by atoms with van der Waals surface area (Å²) >= 11 is 0. The molecule has 1 N–H and O–H groups in total. The zero-order chi connectivity index (χ0) is 14.1. The molecule has 2 atom stereocenters. The Bertz CT molecular complexity index is 395. The van der Waals surface area contributed by atoms with Crippen molar-refractivity contribution in [3.05, 3.63) is 29.8 Å². The monoisotopic (exact) mass is 283 g/mol. The highest BCUT2D eigenvalue weighted by Gasteiger charge is 2.16. The zero-order valence-electron chi connectivity index (χ0n) is 12.1. The summed E-state index contributed by atoms with van der Waals surface area (Å²) in [6.07, 6.45) is 2.11. The van der Waals surface area contributed by atoms with E-state index >= 15 is 0 Å². The van der Waals surface area contributed by atoms with Crippen LogP contribution in [0.25, 0.3) is 0 Å². The third kappa shape index (κ3) is 5.33. The third-order valence-electron chi connectivity index (χ3n) is 3.02. The molecule has 108 valence electrons. The maximum Gasteiger partial charge on any atom is 0.124 e. The molecular weight excluding hydrogens is 258 g/mol. The molecule has 1 aromatic rings. The molecule has 0 amide bonds. The van der Waals surface area contributed by atoms with E-state index in [0.29, 0.717) is 12.4 Å². The minimum absolute atomic E-state index is 0.0837. The number of unbranched alkanes of at least 4 members (excludes halogenated alkanes) is 1. The topological polar surface area (TPSA) is 38.3 Å². The predicted octanol–water partition coefficient (Wildman–Crippen LogP) is 2.89. The van der Waals surface area contributed by atoms with Crippen LogP contribution in [0, 0.1) is 0 Å². The van der Waals surface area contributed by atoms with Gasteiger partial charge in [0.05, 0.1) is 6.61 Å². The van der Waals surface area contributed by atoms with Gasteiger partial charge in [-0.05, 0) is 26.5 Å². The molecule has 0 aliphatic carbocycles. The van der Waals surface area contributed by atoms with E-state index in [4.69, 9.17) is 4.74 Å². The number of hydrogen-bond acceptors (Lipinski definition) is 3. The highest BCUT2D eigenvalue weighted by atomic mass is 32.2. The van der Waals surface area contributed by atoms with E-state index in [2.05, 4.69) is 12.2 Å². The Morgan fingerprint density at radius 1 is 1.32 bits per heavy atom. The first kappa shape index (κ1) is 16.2. The van der Waals surface area contributed by atoms with Gasteiger partial charge in [-0.2, -0.15) is 0 Å². The van der Waals surface area contributed by atoms with Gasteiger partial charge in [-0.25, -0.2) is 0 Å². The maximum atomic E-state index is 12.0. The van der Waals surface area contributed by atoms with Crippen molar-refractivity contribution in [2.75, 3.05) is 25.2 Å². The van der Waals surface area contributed by atoms with Crippen LogP contribution in [-0.2, 0) is 10.8 Å². The van der Waals surface area contributed by atoms with E-state index in [1.54, 1.807) is 0 Å². The second-order valence-corrected chi connectivity index (χ2v) is 6.10. The van der Waals surface area contributed by atoms with Crippen LogP contribution in [0.5, 0.6) is 5.75 Å². The van der Waals surface area contributed by atoms with Crippen molar-refractivity contribution >= 4 is 10.8 Å². The van der Waals surface area contributed by atoms with Gasteiger partial charge in [-0.15, -0.1) is 0 Å². The Hall–Kier alpha value is -0.870. The summed E-state index contributed by atoms with van der Waals surface area (Å²) in [7, 11) is 1.13. The minimum atomic E-state index is -0.781. The molecular formula is C15H25NO2S. The molecule has 0 bridgehead atoms. The Kier molecular flexibility index (Phi) is 7.75. The number of rotatable bonds is 9. The van der Waals surface area contributed by atoms with Gasteiger partial charge in [0.2, 0.25) is 0 Å². The van der Waals surface area contributed by atoms with Crippen molar-refractivity contribution in [1.82, 2.24) is 5.32 Å². The molecule has 0 heterocycles. The Balaban J connectivity index is 2.76. The third-order valence-corrected chi connectivity index (χ3v) is 4.47. The summed E-state index contributed by atoms with van der Waals surface area (Å²) in [6, 6.07) is 8.06. The maximum absolute atomic E-state index is 12.0. The molecule has 0 radical (unpaired) electrons. The van der Waals surface area contributed by atoms with E-state index in [1.165, 1.54) is 0 Å². The van der Waals surface area contributed by atoms with Crippen LogP contribution >= 0.6 is 0 Å². The summed E-state index contributed by atoms with van der Waals surface area (Å²) < 4.78 is 17.7. The van der Waals surface area contributed by atoms with Gasteiger partial charge in [0.25, 0.3) is 0 Å². The molecule has 1 aromatic carbocycles. The number of hydrogen-bond donors (Lipinski definition) is 1. The fourth-order valence-electron chi connectivity index (χ4n) is 1.96. The molecule has 0 saturated heterocycles. The van der Waals surface area contributed by atoms with Crippen molar-refractivity contribution in [2.45, 2.75) is 32.7 Å². The first-order valence-electron chi connectivity index (χ1n) is 6.96. The number of nitrogens with one attached hydrogen (secondary N) is 1. The number of benzene rings is 1.